The summed E-state index contributed by atoms with van der Waals surface area (Å²) in [6, 6.07) is 30.3. The third-order valence-corrected chi connectivity index (χ3v) is 23.6. The van der Waals surface area contributed by atoms with Gasteiger partial charge in [0.2, 0.25) is 11.8 Å². The molecule has 5 aromatic carbocycles. The van der Waals surface area contributed by atoms with Crippen molar-refractivity contribution in [3.05, 3.63) is 143 Å². The quantitative estimate of drug-likeness (QED) is 0.0274. The molecule has 5 heterocycles. The number of hydrogen-bond donors (Lipinski definition) is 4. The van der Waals surface area contributed by atoms with Crippen LogP contribution in [0.4, 0.5) is 40.3 Å². The van der Waals surface area contributed by atoms with Crippen molar-refractivity contribution < 1.29 is 53.5 Å². The maximum Gasteiger partial charge on any atom is 0.501 e. The molecule has 0 bridgehead atoms. The number of carbonyl (C=O) groups excluding carboxylic acids is 3. The molecule has 5 aliphatic heterocycles. The molecule has 95 heavy (non-hydrogen) atoms. The molecule has 5 saturated heterocycles. The fourth-order valence-electron chi connectivity index (χ4n) is 14.0. The van der Waals surface area contributed by atoms with Crippen molar-refractivity contribution in [2.45, 2.75) is 97.0 Å². The number of nitrogens with one attached hydrogen (secondary N) is 4. The Bertz CT molecular complexity index is 3750. The smallest absolute Gasteiger partial charge is 0.380 e. The van der Waals surface area contributed by atoms with E-state index in [4.69, 9.17) is 16.3 Å². The van der Waals surface area contributed by atoms with Gasteiger partial charge >= 0.3 is 5.51 Å². The second-order valence-corrected chi connectivity index (χ2v) is 31.4. The van der Waals surface area contributed by atoms with Gasteiger partial charge in [0, 0.05) is 143 Å². The van der Waals surface area contributed by atoms with Gasteiger partial charge in [0.15, 0.2) is 0 Å². The van der Waals surface area contributed by atoms with E-state index in [0.717, 1.165) is 140 Å². The lowest BCUT2D eigenvalue weighted by Gasteiger charge is -2.44. The lowest BCUT2D eigenvalue weighted by atomic mass is 9.71. The van der Waals surface area contributed by atoms with E-state index < -0.39 is 64.7 Å². The molecule has 5 aromatic rings. The number of ether oxygens (including phenoxy) is 1. The Morgan fingerprint density at radius 2 is 1.48 bits per heavy atom. The highest BCUT2D eigenvalue weighted by Crippen LogP contribution is 2.45. The lowest BCUT2D eigenvalue weighted by molar-refractivity contribution is -0.133. The summed E-state index contributed by atoms with van der Waals surface area (Å²) in [6.45, 7) is 16.6. The summed E-state index contributed by atoms with van der Waals surface area (Å²) in [5, 5.41) is 9.13. The molecule has 0 saturated carbocycles. The molecule has 4 N–H and O–H groups in total. The molecule has 3 amide bonds. The molecule has 1 aliphatic carbocycles. The molecule has 0 aromatic heterocycles. The van der Waals surface area contributed by atoms with Crippen LogP contribution in [0.1, 0.15) is 80.6 Å². The fraction of sp³-hybridized carbons (Fsp3) is 0.493. The predicted octanol–water partition coefficient (Wildman–Crippen LogP) is 10.1. The molecule has 0 spiro atoms. The summed E-state index contributed by atoms with van der Waals surface area (Å²) in [7, 11) is -11.0. The number of sulfonamides is 1. The highest BCUT2D eigenvalue weighted by Gasteiger charge is 2.49. The first kappa shape index (κ1) is 70.0. The summed E-state index contributed by atoms with van der Waals surface area (Å²) in [5.41, 5.74) is -0.223. The van der Waals surface area contributed by atoms with Crippen molar-refractivity contribution >= 4 is 89.3 Å². The van der Waals surface area contributed by atoms with Crippen molar-refractivity contribution in [3.63, 3.8) is 0 Å². The van der Waals surface area contributed by atoms with Gasteiger partial charge in [-0.3, -0.25) is 29.5 Å². The van der Waals surface area contributed by atoms with Crippen molar-refractivity contribution in [2.24, 2.45) is 11.3 Å². The van der Waals surface area contributed by atoms with Crippen LogP contribution < -0.4 is 30.5 Å². The zero-order valence-corrected chi connectivity index (χ0v) is 56.8. The minimum atomic E-state index is -6.10. The van der Waals surface area contributed by atoms with Gasteiger partial charge in [-0.15, -0.1) is 11.8 Å². The van der Waals surface area contributed by atoms with Crippen LogP contribution in [0.25, 0.3) is 5.57 Å². The van der Waals surface area contributed by atoms with Gasteiger partial charge in [0.05, 0.1) is 22.9 Å². The number of benzene rings is 5. The van der Waals surface area contributed by atoms with Crippen LogP contribution in [-0.4, -0.2) is 195 Å². The zero-order chi connectivity index (χ0) is 66.9. The Hall–Kier alpha value is -6.29. The van der Waals surface area contributed by atoms with Crippen LogP contribution in [0.3, 0.4) is 0 Å². The molecule has 6 aliphatic rings. The molecule has 26 heteroatoms. The number of carbonyl (C=O) groups is 3. The highest BCUT2D eigenvalue weighted by atomic mass is 35.5. The highest BCUT2D eigenvalue weighted by molar-refractivity contribution is 7.99. The monoisotopic (exact) mass is 1390 g/mol. The number of piperidine rings is 2. The van der Waals surface area contributed by atoms with Gasteiger partial charge < -0.3 is 35.0 Å². The maximum atomic E-state index is 15.5. The average Bonchev–Trinajstić information content (AvgIpc) is 0.817. The maximum absolute atomic E-state index is 15.5. The van der Waals surface area contributed by atoms with Crippen LogP contribution in [0.5, 0.6) is 0 Å². The third-order valence-electron chi connectivity index (χ3n) is 19.3. The Morgan fingerprint density at radius 1 is 0.768 bits per heavy atom. The number of thioether (sulfide) groups is 1. The van der Waals surface area contributed by atoms with Gasteiger partial charge in [-0.05, 0) is 172 Å². The Kier molecular flexibility index (Phi) is 22.9. The van der Waals surface area contributed by atoms with Crippen LogP contribution in [-0.2, 0) is 34.2 Å². The number of sulfone groups is 1. The first-order valence-corrected chi connectivity index (χ1v) is 37.3. The van der Waals surface area contributed by atoms with Crippen LogP contribution in [0.2, 0.25) is 5.02 Å². The van der Waals surface area contributed by atoms with Gasteiger partial charge in [-0.1, -0.05) is 54.4 Å². The second-order valence-electron chi connectivity index (χ2n) is 26.3. The first-order chi connectivity index (χ1) is 45.5. The Labute approximate surface area is 564 Å². The van der Waals surface area contributed by atoms with Crippen molar-refractivity contribution in [1.82, 2.24) is 29.6 Å². The summed E-state index contributed by atoms with van der Waals surface area (Å²) in [5.74, 6) is -1.12. The van der Waals surface area contributed by atoms with Gasteiger partial charge in [0.1, 0.15) is 16.8 Å². The number of hydrogen-bond acceptors (Lipinski definition) is 17. The summed E-state index contributed by atoms with van der Waals surface area (Å²) >= 11 is 7.84. The number of allylic oxidation sites excluding steroid dienone is 1. The van der Waals surface area contributed by atoms with E-state index >= 15 is 4.39 Å². The molecule has 11 rings (SSSR count). The molecule has 512 valence electrons. The van der Waals surface area contributed by atoms with Crippen LogP contribution >= 0.6 is 23.4 Å². The minimum absolute atomic E-state index is 0.0197. The number of anilines is 4. The third kappa shape index (κ3) is 18.3. The number of imide groups is 1. The predicted molar refractivity (Wildman–Crippen MR) is 365 cm³/mol. The molecule has 1 unspecified atom stereocenters. The van der Waals surface area contributed by atoms with Gasteiger partial charge in [0.25, 0.3) is 25.8 Å². The van der Waals surface area contributed by atoms with E-state index in [1.807, 2.05) is 47.2 Å². The molecule has 18 nitrogen and oxygen atoms in total. The second kappa shape index (κ2) is 31.1. The van der Waals surface area contributed by atoms with Gasteiger partial charge in [-0.2, -0.15) is 13.2 Å². The van der Waals surface area contributed by atoms with E-state index in [1.54, 1.807) is 24.3 Å². The molecular formula is C69H85ClF4N10O8S3. The molecule has 3 atom stereocenters. The average molecular weight is 1390 g/mol. The van der Waals surface area contributed by atoms with E-state index in [1.165, 1.54) is 46.7 Å². The van der Waals surface area contributed by atoms with E-state index in [-0.39, 0.29) is 29.1 Å². The molecular weight excluding hydrogens is 1300 g/mol. The van der Waals surface area contributed by atoms with Crippen LogP contribution in [0, 0.1) is 17.2 Å². The number of nitrogens with zero attached hydrogens (tertiary/aromatic N) is 6. The molecule has 0 radical (unpaired) electrons. The van der Waals surface area contributed by atoms with E-state index in [2.05, 4.69) is 64.4 Å². The summed E-state index contributed by atoms with van der Waals surface area (Å²) in [6.07, 6.45) is 7.10. The number of rotatable bonds is 23. The Morgan fingerprint density at radius 3 is 2.19 bits per heavy atom. The van der Waals surface area contributed by atoms with Crippen molar-refractivity contribution in [3.8, 4) is 0 Å². The standard InChI is InChI=1S/C69H85ClF4N10O8S3/c1-68(48-82-28-23-49(24-29-82)45-80-33-37-84(38-34-80)63-20-14-54(42-60(63)71)75-62-19-21-65(85)77-67(62)87)26-22-59(50-8-12-53(70)13-9-50)52(44-68)46-81-31-35-83(36-32-81)56-15-10-51(11-16-56)66(86)78-95(90,91)58-17-18-61(64(43-58)94(88,89)69(72,73)74)76-55(47-93-57-6-3-2-4-7-57)25-30-79-27-5-40-92-41-39-79/h2-4,6-18,20,42-43,49,55,62,75-76H,5,19,21-41,44-48H2,1H3,(H,78,86)(H,77,85,87)/t55-,62?,68-/m1/s1. The Balaban J connectivity index is 0.668. The fourth-order valence-corrected chi connectivity index (χ4v) is 17.2. The van der Waals surface area contributed by atoms with Crippen molar-refractivity contribution in [2.75, 3.05) is 144 Å². The topological polar surface area (TPSA) is 196 Å². The minimum Gasteiger partial charge on any atom is -0.380 e. The van der Waals surface area contributed by atoms with E-state index in [0.29, 0.717) is 86.4 Å². The zero-order valence-electron chi connectivity index (χ0n) is 53.6. The van der Waals surface area contributed by atoms with Gasteiger partial charge in [-0.25, -0.2) is 25.9 Å². The lowest BCUT2D eigenvalue weighted by Crippen LogP contribution is -2.50. The normalized spacial score (nSPS) is 21.7. The summed E-state index contributed by atoms with van der Waals surface area (Å²) < 4.78 is 120. The van der Waals surface area contributed by atoms with E-state index in [9.17, 15) is 44.4 Å². The summed E-state index contributed by atoms with van der Waals surface area (Å²) in [4.78, 5) is 50.4. The number of amides is 3. The van der Waals surface area contributed by atoms with Crippen molar-refractivity contribution in [1.29, 1.82) is 0 Å². The first-order valence-electron chi connectivity index (χ1n) is 32.9. The number of alkyl halides is 3. The largest absolute Gasteiger partial charge is 0.501 e. The number of piperazine rings is 2. The number of halogens is 5. The van der Waals surface area contributed by atoms with Crippen LogP contribution in [0.15, 0.2) is 136 Å². The number of likely N-dealkylation sites (tertiary alicyclic amines) is 1. The molecule has 5 fully saturated rings. The SMILES string of the molecule is C[C@@]1(CN2CCC(CN3CCN(c4ccc(NC5CCC(=O)NC5=O)cc4F)CC3)CC2)CCC(c2ccc(Cl)cc2)=C(CN2CCN(c3ccc(C(=O)NS(=O)(=O)c4ccc(N[C@H](CCN5CCCOCC5)CSc5ccccc5)c(S(=O)(=O)C(F)(F)F)c4)cc3)CC2)C1.